The first-order chi connectivity index (χ1) is 14.2. The zero-order chi connectivity index (χ0) is 21.0. The number of hydrogen-bond donors (Lipinski definition) is 1. The zero-order valence-corrected chi connectivity index (χ0v) is 19.5. The topological polar surface area (TPSA) is 46.5 Å². The van der Waals surface area contributed by atoms with E-state index in [1.54, 1.807) is 12.1 Å². The fourth-order valence-corrected chi connectivity index (χ4v) is 4.12. The van der Waals surface area contributed by atoms with Crippen LogP contribution in [0.4, 0.5) is 0 Å². The summed E-state index contributed by atoms with van der Waals surface area (Å²) in [5.74, 6) is 0.442. The molecule has 1 rings (SSSR count). The van der Waals surface area contributed by atoms with E-state index in [1.165, 1.54) is 115 Å². The SMILES string of the molecule is CCCCCCCCCCCCCCCCCCCc1ccc(OS(=O)O)cc1. The van der Waals surface area contributed by atoms with Crippen molar-refractivity contribution in [1.82, 2.24) is 0 Å². The average Bonchev–Trinajstić information content (AvgIpc) is 2.71. The summed E-state index contributed by atoms with van der Waals surface area (Å²) >= 11 is -2.24. The van der Waals surface area contributed by atoms with Crippen LogP contribution in [0.25, 0.3) is 0 Å². The molecule has 1 aromatic rings. The minimum atomic E-state index is -2.24. The van der Waals surface area contributed by atoms with Gasteiger partial charge in [0.05, 0.1) is 0 Å². The second kappa shape index (κ2) is 19.1. The van der Waals surface area contributed by atoms with Crippen LogP contribution in [0.2, 0.25) is 0 Å². The molecule has 1 N–H and O–H groups in total. The van der Waals surface area contributed by atoms with Crippen molar-refractivity contribution in [3.05, 3.63) is 29.8 Å². The van der Waals surface area contributed by atoms with E-state index in [4.69, 9.17) is 8.74 Å². The van der Waals surface area contributed by atoms with E-state index >= 15 is 0 Å². The molecule has 0 saturated heterocycles. The molecule has 0 aliphatic rings. The van der Waals surface area contributed by atoms with Gasteiger partial charge < -0.3 is 4.18 Å². The monoisotopic (exact) mass is 424 g/mol. The van der Waals surface area contributed by atoms with Crippen molar-refractivity contribution in [3.63, 3.8) is 0 Å². The molecule has 0 radical (unpaired) electrons. The summed E-state index contributed by atoms with van der Waals surface area (Å²) in [6, 6.07) is 7.48. The van der Waals surface area contributed by atoms with Crippen molar-refractivity contribution in [2.45, 2.75) is 122 Å². The highest BCUT2D eigenvalue weighted by molar-refractivity contribution is 7.74. The van der Waals surface area contributed by atoms with Crippen LogP contribution < -0.4 is 4.18 Å². The predicted octanol–water partition coefficient (Wildman–Crippen LogP) is 8.40. The summed E-state index contributed by atoms with van der Waals surface area (Å²) in [5, 5.41) is 0. The number of unbranched alkanes of at least 4 members (excludes halogenated alkanes) is 16. The van der Waals surface area contributed by atoms with Crippen LogP contribution in [0.1, 0.15) is 122 Å². The van der Waals surface area contributed by atoms with Crippen LogP contribution in [0.3, 0.4) is 0 Å². The maximum Gasteiger partial charge on any atom is 0.357 e. The fourth-order valence-electron chi connectivity index (χ4n) is 3.85. The van der Waals surface area contributed by atoms with Crippen LogP contribution in [0.15, 0.2) is 24.3 Å². The molecule has 168 valence electrons. The average molecular weight is 425 g/mol. The molecule has 0 heterocycles. The molecule has 1 aromatic carbocycles. The Hall–Kier alpha value is -0.870. The minimum absolute atomic E-state index is 0.442. The maximum atomic E-state index is 10.6. The van der Waals surface area contributed by atoms with E-state index in [0.29, 0.717) is 5.75 Å². The Morgan fingerprint density at radius 3 is 1.41 bits per heavy atom. The third kappa shape index (κ3) is 16.6. The minimum Gasteiger partial charge on any atom is -0.380 e. The summed E-state index contributed by atoms with van der Waals surface area (Å²) in [6.07, 6.45) is 24.8. The predicted molar refractivity (Wildman–Crippen MR) is 126 cm³/mol. The summed E-state index contributed by atoms with van der Waals surface area (Å²) in [7, 11) is 0. The molecule has 0 amide bonds. The molecule has 3 nitrogen and oxygen atoms in total. The van der Waals surface area contributed by atoms with Gasteiger partial charge in [0, 0.05) is 0 Å². The molecule has 0 aromatic heterocycles. The Morgan fingerprint density at radius 1 is 0.655 bits per heavy atom. The first kappa shape index (κ1) is 26.2. The Balaban J connectivity index is 1.80. The van der Waals surface area contributed by atoms with Gasteiger partial charge in [0.25, 0.3) is 0 Å². The third-order valence-corrected chi connectivity index (χ3v) is 5.99. The van der Waals surface area contributed by atoms with Crippen LogP contribution in [-0.4, -0.2) is 8.76 Å². The van der Waals surface area contributed by atoms with Crippen molar-refractivity contribution in [3.8, 4) is 5.75 Å². The van der Waals surface area contributed by atoms with Crippen LogP contribution >= 0.6 is 0 Å². The molecule has 29 heavy (non-hydrogen) atoms. The smallest absolute Gasteiger partial charge is 0.357 e. The molecule has 0 aliphatic heterocycles. The maximum absolute atomic E-state index is 10.6. The highest BCUT2D eigenvalue weighted by atomic mass is 32.2. The van der Waals surface area contributed by atoms with E-state index in [-0.39, 0.29) is 0 Å². The van der Waals surface area contributed by atoms with Crippen LogP contribution in [0.5, 0.6) is 5.75 Å². The summed E-state index contributed by atoms with van der Waals surface area (Å²) in [4.78, 5) is 0. The summed E-state index contributed by atoms with van der Waals surface area (Å²) in [6.45, 7) is 2.28. The van der Waals surface area contributed by atoms with Gasteiger partial charge in [-0.15, -0.1) is 0 Å². The van der Waals surface area contributed by atoms with Gasteiger partial charge >= 0.3 is 11.4 Å². The van der Waals surface area contributed by atoms with Crippen molar-refractivity contribution < 1.29 is 12.9 Å². The van der Waals surface area contributed by atoms with Crippen molar-refractivity contribution in [2.24, 2.45) is 0 Å². The van der Waals surface area contributed by atoms with E-state index < -0.39 is 11.4 Å². The Kier molecular flexibility index (Phi) is 17.2. The quantitative estimate of drug-likeness (QED) is 0.169. The number of aryl methyl sites for hydroxylation is 1. The van der Waals surface area contributed by atoms with Gasteiger partial charge in [-0.1, -0.05) is 122 Å². The molecule has 0 fully saturated rings. The highest BCUT2D eigenvalue weighted by Crippen LogP contribution is 2.17. The van der Waals surface area contributed by atoms with E-state index in [2.05, 4.69) is 6.92 Å². The molecule has 0 spiro atoms. The Labute approximate surface area is 182 Å². The molecular formula is C25H44O3S. The number of benzene rings is 1. The summed E-state index contributed by atoms with van der Waals surface area (Å²) < 4.78 is 24.0. The Morgan fingerprint density at radius 2 is 1.03 bits per heavy atom. The van der Waals surface area contributed by atoms with E-state index in [1.807, 2.05) is 12.1 Å². The molecule has 1 atom stereocenters. The first-order valence-electron chi connectivity index (χ1n) is 12.1. The van der Waals surface area contributed by atoms with Gasteiger partial charge in [-0.3, -0.25) is 4.55 Å². The zero-order valence-electron chi connectivity index (χ0n) is 18.7. The lowest BCUT2D eigenvalue weighted by Crippen LogP contribution is -1.97. The van der Waals surface area contributed by atoms with Crippen molar-refractivity contribution in [2.75, 3.05) is 0 Å². The molecule has 1 unspecified atom stereocenters. The standard InChI is InChI=1S/C25H44O3S/c1-2-3-4-5-6-7-8-9-10-11-12-13-14-15-16-17-18-19-24-20-22-25(23-21-24)28-29(26)27/h20-23H,2-19H2,1H3,(H,26,27). The van der Waals surface area contributed by atoms with Gasteiger partial charge in [-0.2, -0.15) is 4.21 Å². The lowest BCUT2D eigenvalue weighted by molar-refractivity contribution is 0.458. The van der Waals surface area contributed by atoms with Crippen molar-refractivity contribution in [1.29, 1.82) is 0 Å². The van der Waals surface area contributed by atoms with Gasteiger partial charge in [-0.05, 0) is 30.5 Å². The molecule has 0 saturated carbocycles. The summed E-state index contributed by atoms with van der Waals surface area (Å²) in [5.41, 5.74) is 1.27. The van der Waals surface area contributed by atoms with Gasteiger partial charge in [0.15, 0.2) is 0 Å². The third-order valence-electron chi connectivity index (χ3n) is 5.66. The van der Waals surface area contributed by atoms with Crippen LogP contribution in [-0.2, 0) is 17.8 Å². The van der Waals surface area contributed by atoms with Gasteiger partial charge in [0.1, 0.15) is 5.75 Å². The van der Waals surface area contributed by atoms with E-state index in [9.17, 15) is 4.21 Å². The molecular weight excluding hydrogens is 380 g/mol. The Bertz CT molecular complexity index is 501. The molecule has 0 bridgehead atoms. The highest BCUT2D eigenvalue weighted by Gasteiger charge is 2.00. The van der Waals surface area contributed by atoms with Crippen molar-refractivity contribution >= 4 is 11.4 Å². The second-order valence-electron chi connectivity index (χ2n) is 8.35. The largest absolute Gasteiger partial charge is 0.380 e. The van der Waals surface area contributed by atoms with E-state index in [0.717, 1.165) is 6.42 Å². The number of rotatable bonds is 20. The van der Waals surface area contributed by atoms with Gasteiger partial charge in [0.2, 0.25) is 0 Å². The lowest BCUT2D eigenvalue weighted by atomic mass is 10.0. The number of hydrogen-bond acceptors (Lipinski definition) is 2. The van der Waals surface area contributed by atoms with Crippen LogP contribution in [0, 0.1) is 0 Å². The molecule has 0 aliphatic carbocycles. The second-order valence-corrected chi connectivity index (χ2v) is 8.95. The normalized spacial score (nSPS) is 12.2. The lowest BCUT2D eigenvalue weighted by Gasteiger charge is -2.05. The molecule has 4 heteroatoms. The fraction of sp³-hybridized carbons (Fsp3) is 0.760. The van der Waals surface area contributed by atoms with Gasteiger partial charge in [-0.25, -0.2) is 0 Å². The first-order valence-corrected chi connectivity index (χ1v) is 13.1.